The van der Waals surface area contributed by atoms with Crippen molar-refractivity contribution in [3.8, 4) is 0 Å². The molecule has 3 heteroatoms. The molecular formula is C62H82Cl2Zr. The van der Waals surface area contributed by atoms with Crippen LogP contribution < -0.4 is 24.8 Å². The van der Waals surface area contributed by atoms with Gasteiger partial charge in [0.15, 0.2) is 0 Å². The average Bonchev–Trinajstić information content (AvgIpc) is 3.70. The molecule has 0 nitrogen and oxygen atoms in total. The molecule has 0 radical (unpaired) electrons. The summed E-state index contributed by atoms with van der Waals surface area (Å²) in [7, 11) is 0. The molecule has 0 atom stereocenters. The predicted octanol–water partition coefficient (Wildman–Crippen LogP) is 11.2. The molecule has 0 fully saturated rings. The molecule has 0 saturated carbocycles. The second-order valence-corrected chi connectivity index (χ2v) is 30.5. The van der Waals surface area contributed by atoms with Gasteiger partial charge >= 0.3 is 400 Å². The van der Waals surface area contributed by atoms with Crippen LogP contribution in [-0.4, -0.2) is 0 Å². The van der Waals surface area contributed by atoms with Crippen LogP contribution in [0.5, 0.6) is 0 Å². The number of allylic oxidation sites excluding steroid dienone is 2. The molecule has 65 heavy (non-hydrogen) atoms. The van der Waals surface area contributed by atoms with Crippen LogP contribution in [-0.2, 0) is 79.4 Å². The summed E-state index contributed by atoms with van der Waals surface area (Å²) in [5, 5.41) is 0. The van der Waals surface area contributed by atoms with Crippen molar-refractivity contribution >= 4 is 17.7 Å². The Labute approximate surface area is 421 Å². The van der Waals surface area contributed by atoms with Gasteiger partial charge in [-0.3, -0.25) is 0 Å². The Morgan fingerprint density at radius 3 is 0.846 bits per heavy atom. The summed E-state index contributed by atoms with van der Waals surface area (Å²) in [6, 6.07) is 26.4. The van der Waals surface area contributed by atoms with Gasteiger partial charge in [-0.1, -0.05) is 0 Å². The predicted molar refractivity (Wildman–Crippen MR) is 272 cm³/mol. The summed E-state index contributed by atoms with van der Waals surface area (Å²) in [6.45, 7) is 48.9. The van der Waals surface area contributed by atoms with Crippen LogP contribution in [0.1, 0.15) is 242 Å². The van der Waals surface area contributed by atoms with Crippen LogP contribution in [0.4, 0.5) is 0 Å². The normalized spacial score (nSPS) is 19.4. The number of halogens is 2. The number of fused-ring (bicyclic) bond motifs is 4. The van der Waals surface area contributed by atoms with E-state index < -0.39 is 23.2 Å². The average molecular weight is 989 g/mol. The Kier molecular flexibility index (Phi) is 13.5. The second kappa shape index (κ2) is 16.8. The molecule has 0 N–H and O–H groups in total. The zero-order valence-corrected chi connectivity index (χ0v) is 48.2. The van der Waals surface area contributed by atoms with Gasteiger partial charge in [-0.15, -0.1) is 0 Å². The van der Waals surface area contributed by atoms with E-state index in [4.69, 9.17) is 0 Å². The monoisotopic (exact) mass is 986 g/mol. The van der Waals surface area contributed by atoms with Crippen molar-refractivity contribution in [2.24, 2.45) is 0 Å². The van der Waals surface area contributed by atoms with Crippen molar-refractivity contribution in [3.63, 3.8) is 0 Å². The smallest absolute Gasteiger partial charge is 1.00 e. The molecule has 348 valence electrons. The topological polar surface area (TPSA) is 0 Å². The Morgan fingerprint density at radius 1 is 0.354 bits per heavy atom. The molecule has 8 rings (SSSR count). The molecule has 0 aliphatic heterocycles. The molecule has 0 aromatic heterocycles. The maximum atomic E-state index is 2.75. The van der Waals surface area contributed by atoms with Gasteiger partial charge in [0.05, 0.1) is 0 Å². The first-order valence-electron chi connectivity index (χ1n) is 24.6. The Hall–Kier alpha value is -2.18. The van der Waals surface area contributed by atoms with E-state index >= 15 is 0 Å². The molecule has 4 aliphatic carbocycles. The summed E-state index contributed by atoms with van der Waals surface area (Å²) in [5.74, 6) is 0. The van der Waals surface area contributed by atoms with E-state index in [1.165, 1.54) is 59.1 Å². The fourth-order valence-corrected chi connectivity index (χ4v) is 15.5. The molecule has 4 aromatic rings. The first-order valence-corrected chi connectivity index (χ1v) is 27.1. The van der Waals surface area contributed by atoms with E-state index in [-0.39, 0.29) is 68.1 Å². The van der Waals surface area contributed by atoms with Crippen molar-refractivity contribution in [2.75, 3.05) is 0 Å². The van der Waals surface area contributed by atoms with E-state index in [0.29, 0.717) is 0 Å². The van der Waals surface area contributed by atoms with Crippen molar-refractivity contribution in [2.45, 2.75) is 220 Å². The number of hydrogen-bond donors (Lipinski definition) is 0. The molecule has 0 heterocycles. The van der Waals surface area contributed by atoms with Gasteiger partial charge in [0.2, 0.25) is 0 Å². The summed E-state index contributed by atoms with van der Waals surface area (Å²) in [6.07, 6.45) is 7.02. The Morgan fingerprint density at radius 2 is 0.600 bits per heavy atom. The first kappa shape index (κ1) is 52.2. The second-order valence-electron chi connectivity index (χ2n) is 27.4. The molecule has 0 spiro atoms. The standard InChI is InChI=1S/2C31H41.2ClH.Zr/c2*1-28(2,3)24-15-23(16-25(19-24)29(4,5)6)20-13-21-17-26-27(18-22(21)14-20)31(9,10)12-11-30(26,7)8;;;/h2*15-19H,11-13H2,1-10H3;2*1H;/q;;;;+2/p-2. The fourth-order valence-electron chi connectivity index (χ4n) is 11.2. The van der Waals surface area contributed by atoms with Crippen LogP contribution >= 0.6 is 0 Å². The van der Waals surface area contributed by atoms with Crippen molar-refractivity contribution in [3.05, 3.63) is 139 Å². The van der Waals surface area contributed by atoms with E-state index in [2.05, 4.69) is 199 Å². The van der Waals surface area contributed by atoms with Gasteiger partial charge in [-0.25, -0.2) is 0 Å². The minimum Gasteiger partial charge on any atom is -1.00 e. The van der Waals surface area contributed by atoms with Gasteiger partial charge in [0, 0.05) is 0 Å². The first-order chi connectivity index (χ1) is 28.7. The minimum atomic E-state index is -1.48. The third-order valence-electron chi connectivity index (χ3n) is 16.3. The fraction of sp³-hybridized carbons (Fsp3) is 0.548. The van der Waals surface area contributed by atoms with E-state index in [0.717, 1.165) is 12.8 Å². The van der Waals surface area contributed by atoms with Gasteiger partial charge in [0.25, 0.3) is 0 Å². The van der Waals surface area contributed by atoms with Gasteiger partial charge in [-0.2, -0.15) is 0 Å². The molecule has 4 aromatic carbocycles. The summed E-state index contributed by atoms with van der Waals surface area (Å²) in [5.41, 5.74) is 25.6. The van der Waals surface area contributed by atoms with Crippen molar-refractivity contribution in [1.82, 2.24) is 0 Å². The number of hydrogen-bond acceptors (Lipinski definition) is 0. The summed E-state index contributed by atoms with van der Waals surface area (Å²) < 4.78 is 3.45. The van der Waals surface area contributed by atoms with Gasteiger partial charge < -0.3 is 24.8 Å². The van der Waals surface area contributed by atoms with Crippen LogP contribution in [0.2, 0.25) is 0 Å². The zero-order valence-electron chi connectivity index (χ0n) is 44.3. The van der Waals surface area contributed by atoms with Crippen LogP contribution in [0.15, 0.2) is 60.7 Å². The molecule has 0 bridgehead atoms. The maximum absolute atomic E-state index is 2.75. The molecule has 0 saturated heterocycles. The molecule has 0 unspecified atom stereocenters. The SMILES string of the molecule is CC(C)(C)c1cc(C2=[C]([Zr+2][C]3=C(c4cc(C(C)(C)C)cc(C(C)(C)C)c4)Cc4cc5c(cc43)C(C)(C)CCC5(C)C)c3cc4c(cc3C2)C(C)(C)CCC4(C)C)cc(C(C)(C)C)c1.[Cl-].[Cl-]. The largest absolute Gasteiger partial charge is 1.00 e. The van der Waals surface area contributed by atoms with Crippen LogP contribution in [0.25, 0.3) is 17.7 Å². The van der Waals surface area contributed by atoms with Crippen molar-refractivity contribution < 1.29 is 48.0 Å². The summed E-state index contributed by atoms with van der Waals surface area (Å²) >= 11 is -1.48. The van der Waals surface area contributed by atoms with Crippen LogP contribution in [0, 0.1) is 0 Å². The van der Waals surface area contributed by atoms with E-state index in [9.17, 15) is 0 Å². The van der Waals surface area contributed by atoms with E-state index in [1.807, 2.05) is 0 Å². The quantitative estimate of drug-likeness (QED) is 0.191. The molecular weight excluding hydrogens is 907 g/mol. The van der Waals surface area contributed by atoms with E-state index in [1.54, 1.807) is 62.2 Å². The zero-order chi connectivity index (χ0) is 46.4. The third kappa shape index (κ3) is 9.60. The number of rotatable bonds is 4. The van der Waals surface area contributed by atoms with Crippen molar-refractivity contribution in [1.29, 1.82) is 0 Å². The summed E-state index contributed by atoms with van der Waals surface area (Å²) in [4.78, 5) is 0. The number of benzene rings is 4. The van der Waals surface area contributed by atoms with Gasteiger partial charge in [-0.05, 0) is 0 Å². The van der Waals surface area contributed by atoms with Crippen LogP contribution in [0.3, 0.4) is 0 Å². The third-order valence-corrected chi connectivity index (χ3v) is 20.3. The maximum Gasteiger partial charge on any atom is -1.00 e. The molecule has 0 amide bonds. The Balaban J connectivity index is 0.00000350. The Bertz CT molecular complexity index is 2360. The minimum absolute atomic E-state index is 0. The molecule has 4 aliphatic rings. The van der Waals surface area contributed by atoms with Gasteiger partial charge in [0.1, 0.15) is 0 Å².